The van der Waals surface area contributed by atoms with Gasteiger partial charge in [0.15, 0.2) is 5.96 Å². The van der Waals surface area contributed by atoms with Gasteiger partial charge in [0.2, 0.25) is 0 Å². The van der Waals surface area contributed by atoms with E-state index in [1.54, 1.807) is 14.2 Å². The Morgan fingerprint density at radius 3 is 2.40 bits per heavy atom. The van der Waals surface area contributed by atoms with Crippen LogP contribution < -0.4 is 15.4 Å². The van der Waals surface area contributed by atoms with Crippen molar-refractivity contribution in [1.29, 1.82) is 0 Å². The van der Waals surface area contributed by atoms with E-state index in [-0.39, 0.29) is 24.0 Å². The number of nitrogens with one attached hydrogen (secondary N) is 2. The predicted molar refractivity (Wildman–Crippen MR) is 115 cm³/mol. The maximum Gasteiger partial charge on any atom is 0.191 e. The second-order valence-electron chi connectivity index (χ2n) is 5.85. The average molecular weight is 464 g/mol. The van der Waals surface area contributed by atoms with Gasteiger partial charge >= 0.3 is 0 Å². The lowest BCUT2D eigenvalue weighted by atomic mass is 10.2. The van der Waals surface area contributed by atoms with E-state index in [2.05, 4.69) is 46.8 Å². The van der Waals surface area contributed by atoms with E-state index in [4.69, 9.17) is 9.47 Å². The summed E-state index contributed by atoms with van der Waals surface area (Å²) in [4.78, 5) is 6.37. The first-order valence-electron chi connectivity index (χ1n) is 8.45. The van der Waals surface area contributed by atoms with Gasteiger partial charge in [0.05, 0.1) is 6.61 Å². The van der Waals surface area contributed by atoms with Crippen LogP contribution in [0.5, 0.6) is 5.75 Å². The highest BCUT2D eigenvalue weighted by atomic mass is 127. The van der Waals surface area contributed by atoms with Crippen LogP contribution in [-0.2, 0) is 11.3 Å². The lowest BCUT2D eigenvalue weighted by Gasteiger charge is -2.13. The molecule has 144 valence electrons. The molecule has 0 fully saturated rings. The quantitative estimate of drug-likeness (QED) is 0.228. The second kappa shape index (κ2) is 15.2. The molecule has 0 aliphatic heterocycles. The Morgan fingerprint density at radius 1 is 1.08 bits per heavy atom. The number of hydrogen-bond acceptors (Lipinski definition) is 4. The molecule has 6 nitrogen and oxygen atoms in total. The van der Waals surface area contributed by atoms with Crippen molar-refractivity contribution < 1.29 is 9.47 Å². The van der Waals surface area contributed by atoms with Crippen LogP contribution in [0, 0.1) is 0 Å². The zero-order valence-electron chi connectivity index (χ0n) is 15.9. The number of guanidine groups is 1. The van der Waals surface area contributed by atoms with Crippen molar-refractivity contribution in [2.75, 3.05) is 54.6 Å². The smallest absolute Gasteiger partial charge is 0.191 e. The topological polar surface area (TPSA) is 58.1 Å². The maximum atomic E-state index is 5.74. The molecule has 0 atom stereocenters. The molecule has 0 saturated heterocycles. The summed E-state index contributed by atoms with van der Waals surface area (Å²) < 4.78 is 10.8. The number of hydrogen-bond donors (Lipinski definition) is 2. The number of methoxy groups -OCH3 is 1. The first kappa shape index (κ1) is 23.9. The van der Waals surface area contributed by atoms with Crippen molar-refractivity contribution in [3.8, 4) is 5.75 Å². The summed E-state index contributed by atoms with van der Waals surface area (Å²) in [7, 11) is 7.63. The standard InChI is InChI=1S/C18H32N4O2.HI/c1-19-18(20-11-5-13-23-4)21-15-16-7-9-17(10-8-16)24-14-6-12-22(2)3;/h7-10H,5-6,11-15H2,1-4H3,(H2,19,20,21);1H. The molecule has 0 heterocycles. The molecular weight excluding hydrogens is 431 g/mol. The second-order valence-corrected chi connectivity index (χ2v) is 5.85. The summed E-state index contributed by atoms with van der Waals surface area (Å²) in [5, 5.41) is 6.56. The zero-order valence-corrected chi connectivity index (χ0v) is 18.2. The fourth-order valence-corrected chi connectivity index (χ4v) is 2.10. The molecular formula is C18H33IN4O2. The van der Waals surface area contributed by atoms with E-state index in [1.807, 2.05) is 12.1 Å². The summed E-state index contributed by atoms with van der Waals surface area (Å²) >= 11 is 0. The molecule has 0 unspecified atom stereocenters. The van der Waals surface area contributed by atoms with Crippen molar-refractivity contribution in [3.05, 3.63) is 29.8 Å². The van der Waals surface area contributed by atoms with Crippen LogP contribution >= 0.6 is 24.0 Å². The Bertz CT molecular complexity index is 467. The third-order valence-electron chi connectivity index (χ3n) is 3.44. The Labute approximate surface area is 169 Å². The van der Waals surface area contributed by atoms with Gasteiger partial charge in [0, 0.05) is 40.4 Å². The molecule has 0 aliphatic rings. The molecule has 1 aromatic rings. The van der Waals surface area contributed by atoms with Crippen LogP contribution in [0.15, 0.2) is 29.3 Å². The summed E-state index contributed by atoms with van der Waals surface area (Å²) in [6, 6.07) is 8.18. The molecule has 2 N–H and O–H groups in total. The zero-order chi connectivity index (χ0) is 17.6. The highest BCUT2D eigenvalue weighted by molar-refractivity contribution is 14.0. The normalized spacial score (nSPS) is 11.2. The summed E-state index contributed by atoms with van der Waals surface area (Å²) in [5.74, 6) is 1.72. The highest BCUT2D eigenvalue weighted by Gasteiger charge is 2.00. The van der Waals surface area contributed by atoms with Crippen LogP contribution in [0.2, 0.25) is 0 Å². The van der Waals surface area contributed by atoms with Crippen molar-refractivity contribution in [3.63, 3.8) is 0 Å². The number of rotatable bonds is 11. The Hall–Kier alpha value is -1.06. The lowest BCUT2D eigenvalue weighted by Crippen LogP contribution is -2.37. The monoisotopic (exact) mass is 464 g/mol. The van der Waals surface area contributed by atoms with E-state index in [0.29, 0.717) is 0 Å². The van der Waals surface area contributed by atoms with E-state index in [0.717, 1.165) is 57.4 Å². The number of ether oxygens (including phenoxy) is 2. The highest BCUT2D eigenvalue weighted by Crippen LogP contribution is 2.12. The van der Waals surface area contributed by atoms with Gasteiger partial charge in [-0.25, -0.2) is 0 Å². The van der Waals surface area contributed by atoms with E-state index in [9.17, 15) is 0 Å². The van der Waals surface area contributed by atoms with Crippen LogP contribution in [0.4, 0.5) is 0 Å². The molecule has 0 aliphatic carbocycles. The minimum absolute atomic E-state index is 0. The van der Waals surface area contributed by atoms with Gasteiger partial charge in [-0.1, -0.05) is 12.1 Å². The third kappa shape index (κ3) is 12.0. The number of halogens is 1. The molecule has 0 bridgehead atoms. The first-order chi connectivity index (χ1) is 11.7. The number of nitrogens with zero attached hydrogens (tertiary/aromatic N) is 2. The molecule has 7 heteroatoms. The van der Waals surface area contributed by atoms with Crippen LogP contribution in [0.3, 0.4) is 0 Å². The van der Waals surface area contributed by atoms with Gasteiger partial charge in [-0.05, 0) is 44.6 Å². The lowest BCUT2D eigenvalue weighted by molar-refractivity contribution is 0.195. The summed E-state index contributed by atoms with van der Waals surface area (Å²) in [5.41, 5.74) is 1.19. The molecule has 0 radical (unpaired) electrons. The fourth-order valence-electron chi connectivity index (χ4n) is 2.10. The largest absolute Gasteiger partial charge is 0.494 e. The molecule has 1 aromatic carbocycles. The summed E-state index contributed by atoms with van der Waals surface area (Å²) in [6.45, 7) is 4.10. The Balaban J connectivity index is 0.00000576. The molecule has 0 saturated carbocycles. The van der Waals surface area contributed by atoms with Crippen LogP contribution in [0.25, 0.3) is 0 Å². The van der Waals surface area contributed by atoms with Gasteiger partial charge in [0.25, 0.3) is 0 Å². The molecule has 1 rings (SSSR count). The fraction of sp³-hybridized carbons (Fsp3) is 0.611. The van der Waals surface area contributed by atoms with Gasteiger partial charge in [-0.3, -0.25) is 4.99 Å². The van der Waals surface area contributed by atoms with Crippen molar-refractivity contribution in [2.45, 2.75) is 19.4 Å². The molecule has 25 heavy (non-hydrogen) atoms. The van der Waals surface area contributed by atoms with E-state index in [1.165, 1.54) is 5.56 Å². The van der Waals surface area contributed by atoms with Crippen LogP contribution in [0.1, 0.15) is 18.4 Å². The molecule has 0 aromatic heterocycles. The van der Waals surface area contributed by atoms with Gasteiger partial charge in [-0.15, -0.1) is 24.0 Å². The van der Waals surface area contributed by atoms with Gasteiger partial charge < -0.3 is 25.0 Å². The van der Waals surface area contributed by atoms with Gasteiger partial charge in [0.1, 0.15) is 5.75 Å². The van der Waals surface area contributed by atoms with Gasteiger partial charge in [-0.2, -0.15) is 0 Å². The third-order valence-corrected chi connectivity index (χ3v) is 3.44. The predicted octanol–water partition coefficient (Wildman–Crippen LogP) is 2.34. The maximum absolute atomic E-state index is 5.74. The van der Waals surface area contributed by atoms with Crippen molar-refractivity contribution in [2.24, 2.45) is 4.99 Å². The first-order valence-corrected chi connectivity index (χ1v) is 8.45. The van der Waals surface area contributed by atoms with E-state index >= 15 is 0 Å². The average Bonchev–Trinajstić information content (AvgIpc) is 2.59. The SMILES string of the molecule is CN=C(NCCCOC)NCc1ccc(OCCCN(C)C)cc1.I. The van der Waals surface area contributed by atoms with Crippen molar-refractivity contribution in [1.82, 2.24) is 15.5 Å². The Kier molecular flexibility index (Phi) is 14.6. The Morgan fingerprint density at radius 2 is 1.80 bits per heavy atom. The molecule has 0 amide bonds. The summed E-state index contributed by atoms with van der Waals surface area (Å²) in [6.07, 6.45) is 1.98. The van der Waals surface area contributed by atoms with Crippen molar-refractivity contribution >= 4 is 29.9 Å². The molecule has 0 spiro atoms. The minimum Gasteiger partial charge on any atom is -0.494 e. The number of aliphatic imine (C=N–C) groups is 1. The minimum atomic E-state index is 0. The number of benzene rings is 1. The van der Waals surface area contributed by atoms with E-state index < -0.39 is 0 Å². The van der Waals surface area contributed by atoms with Crippen LogP contribution in [-0.4, -0.2) is 65.4 Å².